The van der Waals surface area contributed by atoms with E-state index in [4.69, 9.17) is 4.74 Å². The zero-order chi connectivity index (χ0) is 12.3. The van der Waals surface area contributed by atoms with E-state index in [2.05, 4.69) is 10.1 Å². The van der Waals surface area contributed by atoms with Crippen LogP contribution in [0.1, 0.15) is 12.0 Å². The molecule has 1 aliphatic rings. The van der Waals surface area contributed by atoms with E-state index < -0.39 is 6.61 Å². The van der Waals surface area contributed by atoms with Crippen molar-refractivity contribution in [1.29, 1.82) is 0 Å². The van der Waals surface area contributed by atoms with Crippen molar-refractivity contribution in [1.82, 2.24) is 5.32 Å². The largest absolute Gasteiger partial charge is 0.485 e. The SMILES string of the molecule is Cc1cccc(OC2CCNC2)c1OC(F)F. The zero-order valence-corrected chi connectivity index (χ0v) is 9.58. The highest BCUT2D eigenvalue weighted by atomic mass is 19.3. The van der Waals surface area contributed by atoms with Crippen molar-refractivity contribution >= 4 is 0 Å². The van der Waals surface area contributed by atoms with Gasteiger partial charge in [-0.2, -0.15) is 8.78 Å². The fourth-order valence-electron chi connectivity index (χ4n) is 1.87. The molecule has 0 spiro atoms. The molecule has 0 saturated carbocycles. The molecule has 1 fully saturated rings. The summed E-state index contributed by atoms with van der Waals surface area (Å²) in [5, 5.41) is 3.15. The maximum absolute atomic E-state index is 12.3. The summed E-state index contributed by atoms with van der Waals surface area (Å²) in [4.78, 5) is 0. The zero-order valence-electron chi connectivity index (χ0n) is 9.58. The van der Waals surface area contributed by atoms with Crippen molar-refractivity contribution in [3.8, 4) is 11.5 Å². The predicted molar refractivity (Wildman–Crippen MR) is 59.7 cm³/mol. The van der Waals surface area contributed by atoms with Gasteiger partial charge in [-0.3, -0.25) is 0 Å². The van der Waals surface area contributed by atoms with Crippen LogP contribution < -0.4 is 14.8 Å². The monoisotopic (exact) mass is 243 g/mol. The highest BCUT2D eigenvalue weighted by Gasteiger charge is 2.20. The van der Waals surface area contributed by atoms with E-state index in [1.54, 1.807) is 25.1 Å². The molecular formula is C12H15F2NO2. The van der Waals surface area contributed by atoms with Gasteiger partial charge in [-0.15, -0.1) is 0 Å². The summed E-state index contributed by atoms with van der Waals surface area (Å²) in [6, 6.07) is 5.14. The van der Waals surface area contributed by atoms with Crippen LogP contribution in [0.25, 0.3) is 0 Å². The van der Waals surface area contributed by atoms with Crippen molar-refractivity contribution in [2.24, 2.45) is 0 Å². The average molecular weight is 243 g/mol. The third kappa shape index (κ3) is 3.06. The first kappa shape index (κ1) is 12.1. The Hall–Kier alpha value is -1.36. The lowest BCUT2D eigenvalue weighted by molar-refractivity contribution is -0.0524. The normalized spacial score (nSPS) is 19.6. The van der Waals surface area contributed by atoms with Gasteiger partial charge < -0.3 is 14.8 Å². The van der Waals surface area contributed by atoms with Gasteiger partial charge in [-0.05, 0) is 31.5 Å². The number of nitrogens with one attached hydrogen (secondary N) is 1. The number of para-hydroxylation sites is 1. The van der Waals surface area contributed by atoms with E-state index in [0.717, 1.165) is 19.5 Å². The van der Waals surface area contributed by atoms with Crippen molar-refractivity contribution in [3.63, 3.8) is 0 Å². The Morgan fingerprint density at radius 3 is 2.88 bits per heavy atom. The molecular weight excluding hydrogens is 228 g/mol. The number of benzene rings is 1. The van der Waals surface area contributed by atoms with Crippen LogP contribution in [0.2, 0.25) is 0 Å². The first-order valence-corrected chi connectivity index (χ1v) is 5.58. The van der Waals surface area contributed by atoms with Crippen LogP contribution in [-0.2, 0) is 0 Å². The number of alkyl halides is 2. The summed E-state index contributed by atoms with van der Waals surface area (Å²) in [6.07, 6.45) is 0.902. The standard InChI is InChI=1S/C12H15F2NO2/c1-8-3-2-4-10(11(8)17-12(13)14)16-9-5-6-15-7-9/h2-4,9,12,15H,5-7H2,1H3. The lowest BCUT2D eigenvalue weighted by Crippen LogP contribution is -2.20. The molecule has 1 saturated heterocycles. The number of hydrogen-bond donors (Lipinski definition) is 1. The summed E-state index contributed by atoms with van der Waals surface area (Å²) in [5.74, 6) is 0.522. The molecule has 2 rings (SSSR count). The Balaban J connectivity index is 2.16. The molecule has 94 valence electrons. The molecule has 0 bridgehead atoms. The first-order chi connectivity index (χ1) is 8.16. The quantitative estimate of drug-likeness (QED) is 0.880. The van der Waals surface area contributed by atoms with Gasteiger partial charge in [0.25, 0.3) is 0 Å². The Kier molecular flexibility index (Phi) is 3.78. The van der Waals surface area contributed by atoms with Gasteiger partial charge in [-0.1, -0.05) is 12.1 Å². The van der Waals surface area contributed by atoms with Crippen LogP contribution in [0.5, 0.6) is 11.5 Å². The smallest absolute Gasteiger partial charge is 0.387 e. The van der Waals surface area contributed by atoms with Crippen molar-refractivity contribution < 1.29 is 18.3 Å². The van der Waals surface area contributed by atoms with Crippen molar-refractivity contribution in [2.75, 3.05) is 13.1 Å². The van der Waals surface area contributed by atoms with E-state index in [1.807, 2.05) is 0 Å². The predicted octanol–water partition coefficient (Wildman–Crippen LogP) is 2.34. The van der Waals surface area contributed by atoms with Gasteiger partial charge in [0.05, 0.1) is 0 Å². The van der Waals surface area contributed by atoms with E-state index in [-0.39, 0.29) is 11.9 Å². The molecule has 1 atom stereocenters. The summed E-state index contributed by atoms with van der Waals surface area (Å²) >= 11 is 0. The molecule has 0 amide bonds. The third-order valence-electron chi connectivity index (χ3n) is 2.69. The molecule has 1 N–H and O–H groups in total. The van der Waals surface area contributed by atoms with Crippen LogP contribution in [0.3, 0.4) is 0 Å². The van der Waals surface area contributed by atoms with Crippen LogP contribution in [0.4, 0.5) is 8.78 Å². The van der Waals surface area contributed by atoms with E-state index in [9.17, 15) is 8.78 Å². The maximum atomic E-state index is 12.3. The first-order valence-electron chi connectivity index (χ1n) is 5.58. The van der Waals surface area contributed by atoms with E-state index in [0.29, 0.717) is 11.3 Å². The minimum absolute atomic E-state index is 0.0248. The Bertz CT molecular complexity index is 379. The lowest BCUT2D eigenvalue weighted by Gasteiger charge is -2.17. The van der Waals surface area contributed by atoms with Crippen LogP contribution >= 0.6 is 0 Å². The fraction of sp³-hybridized carbons (Fsp3) is 0.500. The third-order valence-corrected chi connectivity index (χ3v) is 2.69. The molecule has 1 aromatic carbocycles. The van der Waals surface area contributed by atoms with Crippen LogP contribution in [0.15, 0.2) is 18.2 Å². The minimum Gasteiger partial charge on any atom is -0.485 e. The van der Waals surface area contributed by atoms with E-state index >= 15 is 0 Å². The molecule has 3 nitrogen and oxygen atoms in total. The van der Waals surface area contributed by atoms with Gasteiger partial charge in [0.1, 0.15) is 6.10 Å². The number of rotatable bonds is 4. The summed E-state index contributed by atoms with van der Waals surface area (Å²) in [5.41, 5.74) is 0.647. The van der Waals surface area contributed by atoms with Crippen molar-refractivity contribution in [3.05, 3.63) is 23.8 Å². The Morgan fingerprint density at radius 2 is 2.24 bits per heavy atom. The molecule has 5 heteroatoms. The van der Waals surface area contributed by atoms with E-state index in [1.165, 1.54) is 0 Å². The Labute approximate surface area is 98.7 Å². The lowest BCUT2D eigenvalue weighted by atomic mass is 10.2. The second kappa shape index (κ2) is 5.31. The molecule has 0 aliphatic carbocycles. The number of halogens is 2. The number of ether oxygens (including phenoxy) is 2. The molecule has 17 heavy (non-hydrogen) atoms. The topological polar surface area (TPSA) is 30.5 Å². The van der Waals surface area contributed by atoms with Gasteiger partial charge in [0, 0.05) is 6.54 Å². The highest BCUT2D eigenvalue weighted by Crippen LogP contribution is 2.33. The second-order valence-electron chi connectivity index (χ2n) is 4.01. The molecule has 0 radical (unpaired) electrons. The Morgan fingerprint density at radius 1 is 1.41 bits per heavy atom. The van der Waals surface area contributed by atoms with Crippen molar-refractivity contribution in [2.45, 2.75) is 26.1 Å². The van der Waals surface area contributed by atoms with Gasteiger partial charge in [-0.25, -0.2) is 0 Å². The maximum Gasteiger partial charge on any atom is 0.387 e. The van der Waals surface area contributed by atoms with Crippen LogP contribution in [-0.4, -0.2) is 25.8 Å². The molecule has 1 aromatic rings. The molecule has 0 aromatic heterocycles. The number of aryl methyl sites for hydroxylation is 1. The van der Waals surface area contributed by atoms with Gasteiger partial charge in [0.2, 0.25) is 0 Å². The van der Waals surface area contributed by atoms with Crippen LogP contribution in [0, 0.1) is 6.92 Å². The second-order valence-corrected chi connectivity index (χ2v) is 4.01. The summed E-state index contributed by atoms with van der Waals surface area (Å²) < 4.78 is 34.8. The summed E-state index contributed by atoms with van der Waals surface area (Å²) in [7, 11) is 0. The highest BCUT2D eigenvalue weighted by molar-refractivity contribution is 5.46. The summed E-state index contributed by atoms with van der Waals surface area (Å²) in [6.45, 7) is 0.515. The molecule has 1 heterocycles. The van der Waals surface area contributed by atoms with Gasteiger partial charge >= 0.3 is 6.61 Å². The molecule has 1 aliphatic heterocycles. The average Bonchev–Trinajstić information content (AvgIpc) is 2.75. The molecule has 1 unspecified atom stereocenters. The minimum atomic E-state index is -2.83. The number of hydrogen-bond acceptors (Lipinski definition) is 3. The van der Waals surface area contributed by atoms with Gasteiger partial charge in [0.15, 0.2) is 11.5 Å². The fourth-order valence-corrected chi connectivity index (χ4v) is 1.87.